The maximum Gasteiger partial charge on any atom is 0.420 e. The summed E-state index contributed by atoms with van der Waals surface area (Å²) >= 11 is 0. The van der Waals surface area contributed by atoms with Crippen LogP contribution in [-0.2, 0) is 4.74 Å². The minimum Gasteiger partial charge on any atom is -0.408 e. The van der Waals surface area contributed by atoms with Crippen molar-refractivity contribution in [2.24, 2.45) is 0 Å². The highest BCUT2D eigenvalue weighted by Gasteiger charge is 2.30. The molecule has 2 aromatic rings. The van der Waals surface area contributed by atoms with Crippen LogP contribution in [0.5, 0.6) is 0 Å². The van der Waals surface area contributed by atoms with Gasteiger partial charge in [-0.2, -0.15) is 0 Å². The number of aryl methyl sites for hydroxylation is 1. The van der Waals surface area contributed by atoms with Crippen molar-refractivity contribution in [1.82, 2.24) is 9.47 Å². The number of oxazole rings is 1. The van der Waals surface area contributed by atoms with Gasteiger partial charge in [0.1, 0.15) is 0 Å². The normalized spacial score (nSPS) is 24.8. The van der Waals surface area contributed by atoms with Gasteiger partial charge in [0, 0.05) is 31.8 Å². The van der Waals surface area contributed by atoms with E-state index in [1.54, 1.807) is 0 Å². The van der Waals surface area contributed by atoms with Gasteiger partial charge in [-0.05, 0) is 70.1 Å². The summed E-state index contributed by atoms with van der Waals surface area (Å²) in [6, 6.07) is 6.92. The molecule has 0 spiro atoms. The topological polar surface area (TPSA) is 47.6 Å². The molecule has 2 aliphatic rings. The quantitative estimate of drug-likeness (QED) is 0.775. The standard InChI is InChI=1S/C21H30N2O3.ClH/c1-3-25-18-7-5-16(6-8-18)22-12-10-17(11-13-22)23-19-14-15(2)4-9-20(19)26-21(23)24;/h4,9,14,16-18H,3,5-8,10-13H2,1-2H3;1H/t16-,18-;. The fourth-order valence-corrected chi connectivity index (χ4v) is 4.81. The molecule has 1 aromatic heterocycles. The van der Waals surface area contributed by atoms with E-state index in [4.69, 9.17) is 9.15 Å². The van der Waals surface area contributed by atoms with Gasteiger partial charge in [0.25, 0.3) is 0 Å². The van der Waals surface area contributed by atoms with Gasteiger partial charge in [-0.25, -0.2) is 4.79 Å². The summed E-state index contributed by atoms with van der Waals surface area (Å²) in [6.45, 7) is 7.11. The lowest BCUT2D eigenvalue weighted by atomic mass is 9.90. The minimum atomic E-state index is -0.207. The molecular weight excluding hydrogens is 364 g/mol. The Balaban J connectivity index is 0.00000210. The molecule has 1 aliphatic heterocycles. The van der Waals surface area contributed by atoms with Crippen LogP contribution in [0.1, 0.15) is 57.1 Å². The number of fused-ring (bicyclic) bond motifs is 1. The van der Waals surface area contributed by atoms with Crippen molar-refractivity contribution in [3.8, 4) is 0 Å². The van der Waals surface area contributed by atoms with Crippen molar-refractivity contribution in [2.45, 2.75) is 70.6 Å². The largest absolute Gasteiger partial charge is 0.420 e. The second-order valence-electron chi connectivity index (χ2n) is 7.86. The average molecular weight is 395 g/mol. The van der Waals surface area contributed by atoms with Crippen LogP contribution < -0.4 is 5.76 Å². The third-order valence-corrected chi connectivity index (χ3v) is 6.19. The number of hydrogen-bond acceptors (Lipinski definition) is 4. The van der Waals surface area contributed by atoms with Gasteiger partial charge < -0.3 is 14.1 Å². The molecule has 0 bridgehead atoms. The zero-order chi connectivity index (χ0) is 18.1. The van der Waals surface area contributed by atoms with Crippen LogP contribution in [-0.4, -0.2) is 41.3 Å². The molecule has 2 heterocycles. The van der Waals surface area contributed by atoms with Gasteiger partial charge in [-0.1, -0.05) is 6.07 Å². The molecule has 0 amide bonds. The molecule has 6 heteroatoms. The molecule has 1 aromatic carbocycles. The van der Waals surface area contributed by atoms with Crippen LogP contribution in [0.15, 0.2) is 27.4 Å². The van der Waals surface area contributed by atoms with Gasteiger partial charge in [0.2, 0.25) is 0 Å². The first-order valence-corrected chi connectivity index (χ1v) is 10.1. The number of halogens is 1. The molecule has 2 fully saturated rings. The van der Waals surface area contributed by atoms with Crippen LogP contribution in [0, 0.1) is 6.92 Å². The van der Waals surface area contributed by atoms with Crippen molar-refractivity contribution in [3.05, 3.63) is 34.3 Å². The Kier molecular flexibility index (Phi) is 6.66. The van der Waals surface area contributed by atoms with Crippen LogP contribution in [0.3, 0.4) is 0 Å². The van der Waals surface area contributed by atoms with E-state index >= 15 is 0 Å². The van der Waals surface area contributed by atoms with Crippen molar-refractivity contribution in [2.75, 3.05) is 19.7 Å². The van der Waals surface area contributed by atoms with E-state index in [0.717, 1.165) is 43.6 Å². The van der Waals surface area contributed by atoms with E-state index < -0.39 is 0 Å². The Labute approximate surface area is 167 Å². The van der Waals surface area contributed by atoms with Gasteiger partial charge in [-0.3, -0.25) is 4.57 Å². The fourth-order valence-electron chi connectivity index (χ4n) is 4.81. The molecular formula is C21H31ClN2O3. The molecule has 1 saturated heterocycles. The highest BCUT2D eigenvalue weighted by Crippen LogP contribution is 2.31. The molecule has 1 aliphatic carbocycles. The third kappa shape index (κ3) is 4.25. The highest BCUT2D eigenvalue weighted by molar-refractivity contribution is 5.85. The number of ether oxygens (including phenoxy) is 1. The van der Waals surface area contributed by atoms with E-state index in [2.05, 4.69) is 24.8 Å². The lowest BCUT2D eigenvalue weighted by Crippen LogP contribution is -2.45. The summed E-state index contributed by atoms with van der Waals surface area (Å²) in [5.41, 5.74) is 2.82. The van der Waals surface area contributed by atoms with E-state index in [0.29, 0.717) is 17.7 Å². The SMILES string of the molecule is CCO[C@H]1CC[C@H](N2CCC(n3c(=O)oc4ccc(C)cc43)CC2)CC1.Cl. The van der Waals surface area contributed by atoms with Crippen LogP contribution in [0.25, 0.3) is 11.1 Å². The lowest BCUT2D eigenvalue weighted by molar-refractivity contribution is 0.00787. The maximum atomic E-state index is 12.4. The number of rotatable bonds is 4. The molecule has 5 nitrogen and oxygen atoms in total. The molecule has 4 rings (SSSR count). The van der Waals surface area contributed by atoms with Crippen LogP contribution in [0.2, 0.25) is 0 Å². The number of likely N-dealkylation sites (tertiary alicyclic amines) is 1. The molecule has 0 unspecified atom stereocenters. The summed E-state index contributed by atoms with van der Waals surface area (Å²) < 4.78 is 13.1. The molecule has 150 valence electrons. The third-order valence-electron chi connectivity index (χ3n) is 6.19. The highest BCUT2D eigenvalue weighted by atomic mass is 35.5. The Bertz CT molecular complexity index is 799. The van der Waals surface area contributed by atoms with Crippen LogP contribution >= 0.6 is 12.4 Å². The molecule has 0 atom stereocenters. The van der Waals surface area contributed by atoms with E-state index in [9.17, 15) is 4.79 Å². The first-order chi connectivity index (χ1) is 12.7. The van der Waals surface area contributed by atoms with Crippen molar-refractivity contribution >= 4 is 23.5 Å². The predicted molar refractivity (Wildman–Crippen MR) is 110 cm³/mol. The monoisotopic (exact) mass is 394 g/mol. The molecule has 0 radical (unpaired) electrons. The van der Waals surface area contributed by atoms with Crippen molar-refractivity contribution < 1.29 is 9.15 Å². The zero-order valence-corrected chi connectivity index (χ0v) is 17.2. The summed E-state index contributed by atoms with van der Waals surface area (Å²) in [5, 5.41) is 0. The Morgan fingerprint density at radius 3 is 2.44 bits per heavy atom. The van der Waals surface area contributed by atoms with E-state index in [1.165, 1.54) is 25.7 Å². The molecule has 0 N–H and O–H groups in total. The minimum absolute atomic E-state index is 0. The number of nitrogens with zero attached hydrogens (tertiary/aromatic N) is 2. The number of piperidine rings is 1. The Morgan fingerprint density at radius 1 is 1.07 bits per heavy atom. The van der Waals surface area contributed by atoms with Crippen molar-refractivity contribution in [3.63, 3.8) is 0 Å². The number of benzene rings is 1. The Morgan fingerprint density at radius 2 is 1.78 bits per heavy atom. The lowest BCUT2D eigenvalue weighted by Gasteiger charge is -2.40. The van der Waals surface area contributed by atoms with Gasteiger partial charge in [0.05, 0.1) is 11.6 Å². The fraction of sp³-hybridized carbons (Fsp3) is 0.667. The smallest absolute Gasteiger partial charge is 0.408 e. The first kappa shape index (κ1) is 20.4. The second kappa shape index (κ2) is 8.80. The Hall–Kier alpha value is -1.30. The predicted octanol–water partition coefficient (Wildman–Crippen LogP) is 4.31. The van der Waals surface area contributed by atoms with E-state index in [-0.39, 0.29) is 24.2 Å². The van der Waals surface area contributed by atoms with Gasteiger partial charge in [-0.15, -0.1) is 12.4 Å². The molecule has 27 heavy (non-hydrogen) atoms. The zero-order valence-electron chi connectivity index (χ0n) is 16.4. The van der Waals surface area contributed by atoms with Gasteiger partial charge in [0.15, 0.2) is 5.58 Å². The van der Waals surface area contributed by atoms with Gasteiger partial charge >= 0.3 is 5.76 Å². The number of aromatic nitrogens is 1. The molecule has 1 saturated carbocycles. The van der Waals surface area contributed by atoms with E-state index in [1.807, 2.05) is 16.7 Å². The summed E-state index contributed by atoms with van der Waals surface area (Å²) in [6.07, 6.45) is 7.36. The first-order valence-electron chi connectivity index (χ1n) is 10.1. The van der Waals surface area contributed by atoms with Crippen LogP contribution in [0.4, 0.5) is 0 Å². The van der Waals surface area contributed by atoms with Crippen molar-refractivity contribution in [1.29, 1.82) is 0 Å². The second-order valence-corrected chi connectivity index (χ2v) is 7.86. The number of hydrogen-bond donors (Lipinski definition) is 0. The average Bonchev–Trinajstić information content (AvgIpc) is 2.98. The summed E-state index contributed by atoms with van der Waals surface area (Å²) in [7, 11) is 0. The summed E-state index contributed by atoms with van der Waals surface area (Å²) in [5.74, 6) is -0.207. The summed E-state index contributed by atoms with van der Waals surface area (Å²) in [4.78, 5) is 15.0. The maximum absolute atomic E-state index is 12.4.